The molecule has 0 N–H and O–H groups in total. The number of hydrogen-bond donors (Lipinski definition) is 0. The van der Waals surface area contributed by atoms with E-state index in [0.717, 1.165) is 0 Å². The van der Waals surface area contributed by atoms with E-state index in [2.05, 4.69) is 9.73 Å². The Hall–Kier alpha value is -3.75. The number of aliphatic carboxylic acids is 1. The van der Waals surface area contributed by atoms with Crippen molar-refractivity contribution in [3.8, 4) is 11.5 Å². The Morgan fingerprint density at radius 2 is 1.89 bits per heavy atom. The van der Waals surface area contributed by atoms with Gasteiger partial charge in [-0.15, -0.1) is 0 Å². The minimum absolute atomic E-state index is 0.0368. The van der Waals surface area contributed by atoms with Crippen LogP contribution in [0.4, 0.5) is 8.78 Å². The largest absolute Gasteiger partial charge is 0.546 e. The average Bonchev–Trinajstić information content (AvgIpc) is 3.01. The molecule has 2 aromatic carbocycles. The molecule has 0 radical (unpaired) electrons. The Balaban J connectivity index is 1.81. The number of halogens is 2. The van der Waals surface area contributed by atoms with Crippen LogP contribution in [0.5, 0.6) is 11.5 Å². The van der Waals surface area contributed by atoms with Gasteiger partial charge in [0.2, 0.25) is 5.90 Å². The molecule has 0 saturated carbocycles. The van der Waals surface area contributed by atoms with E-state index in [1.54, 1.807) is 18.2 Å². The highest BCUT2D eigenvalue weighted by Crippen LogP contribution is 2.26. The zero-order valence-corrected chi connectivity index (χ0v) is 14.1. The summed E-state index contributed by atoms with van der Waals surface area (Å²) in [4.78, 5) is 26.5. The van der Waals surface area contributed by atoms with Crippen molar-refractivity contribution in [3.63, 3.8) is 0 Å². The molecule has 0 spiro atoms. The summed E-state index contributed by atoms with van der Waals surface area (Å²) in [5.74, 6) is -2.11. The number of hydrogen-bond acceptors (Lipinski definition) is 7. The second-order valence-electron chi connectivity index (χ2n) is 5.44. The molecule has 1 heterocycles. The maximum atomic E-state index is 12.5. The Bertz CT molecular complexity index is 953. The third-order valence-corrected chi connectivity index (χ3v) is 3.49. The molecule has 0 aliphatic carbocycles. The van der Waals surface area contributed by atoms with Gasteiger partial charge in [-0.3, -0.25) is 0 Å². The normalized spacial score (nSPS) is 14.8. The molecule has 0 atom stereocenters. The van der Waals surface area contributed by atoms with Crippen molar-refractivity contribution in [3.05, 3.63) is 65.4 Å². The summed E-state index contributed by atoms with van der Waals surface area (Å²) in [6.45, 7) is -3.62. The van der Waals surface area contributed by atoms with Crippen molar-refractivity contribution >= 4 is 23.9 Å². The predicted molar refractivity (Wildman–Crippen MR) is 90.6 cm³/mol. The summed E-state index contributed by atoms with van der Waals surface area (Å²) in [6.07, 6.45) is 1.43. The van der Waals surface area contributed by atoms with Crippen molar-refractivity contribution in [2.75, 3.05) is 6.61 Å². The van der Waals surface area contributed by atoms with Crippen LogP contribution in [0.2, 0.25) is 0 Å². The number of esters is 1. The van der Waals surface area contributed by atoms with E-state index in [0.29, 0.717) is 11.3 Å². The van der Waals surface area contributed by atoms with Crippen LogP contribution in [-0.2, 0) is 14.3 Å². The van der Waals surface area contributed by atoms with Crippen LogP contribution >= 0.6 is 0 Å². The number of carboxylic acid groups (broad SMARTS) is 1. The van der Waals surface area contributed by atoms with Crippen LogP contribution < -0.4 is 14.6 Å². The summed E-state index contributed by atoms with van der Waals surface area (Å²) in [5.41, 5.74) is 0.644. The smallest absolute Gasteiger partial charge is 0.387 e. The van der Waals surface area contributed by atoms with E-state index in [9.17, 15) is 23.5 Å². The number of nitrogens with zero attached hydrogens (tertiary/aromatic N) is 1. The lowest BCUT2D eigenvalue weighted by molar-refractivity contribution is -0.307. The monoisotopic (exact) mass is 388 g/mol. The molecule has 1 aliphatic heterocycles. The zero-order valence-electron chi connectivity index (χ0n) is 14.1. The topological polar surface area (TPSA) is 97.2 Å². The van der Waals surface area contributed by atoms with Crippen LogP contribution in [0.3, 0.4) is 0 Å². The van der Waals surface area contributed by atoms with Crippen molar-refractivity contribution < 1.29 is 37.7 Å². The predicted octanol–water partition coefficient (Wildman–Crippen LogP) is 1.76. The fourth-order valence-electron chi connectivity index (χ4n) is 2.33. The Kier molecular flexibility index (Phi) is 5.64. The van der Waals surface area contributed by atoms with Crippen LogP contribution in [0.1, 0.15) is 11.1 Å². The Morgan fingerprint density at radius 3 is 2.57 bits per heavy atom. The Morgan fingerprint density at radius 1 is 1.18 bits per heavy atom. The molecule has 7 nitrogen and oxygen atoms in total. The van der Waals surface area contributed by atoms with Crippen molar-refractivity contribution in [1.29, 1.82) is 0 Å². The highest BCUT2D eigenvalue weighted by atomic mass is 19.3. The molecule has 144 valence electrons. The Labute approximate surface area is 157 Å². The van der Waals surface area contributed by atoms with Crippen LogP contribution in [0.25, 0.3) is 6.08 Å². The number of carbonyl (C=O) groups is 2. The van der Waals surface area contributed by atoms with Crippen molar-refractivity contribution in [2.24, 2.45) is 4.99 Å². The van der Waals surface area contributed by atoms with Gasteiger partial charge < -0.3 is 24.1 Å². The second-order valence-corrected chi connectivity index (χ2v) is 5.44. The van der Waals surface area contributed by atoms with E-state index in [4.69, 9.17) is 9.47 Å². The van der Waals surface area contributed by atoms with Gasteiger partial charge in [0.05, 0.1) is 11.5 Å². The lowest BCUT2D eigenvalue weighted by atomic mass is 10.2. The summed E-state index contributed by atoms with van der Waals surface area (Å²) in [6, 6.07) is 12.0. The first-order valence-corrected chi connectivity index (χ1v) is 7.92. The quantitative estimate of drug-likeness (QED) is 0.530. The van der Waals surface area contributed by atoms with Gasteiger partial charge in [0.1, 0.15) is 18.1 Å². The molecule has 0 amide bonds. The summed E-state index contributed by atoms with van der Waals surface area (Å²) < 4.78 is 39.5. The van der Waals surface area contributed by atoms with E-state index < -0.39 is 25.2 Å². The van der Waals surface area contributed by atoms with Crippen molar-refractivity contribution in [2.45, 2.75) is 6.61 Å². The van der Waals surface area contributed by atoms with Gasteiger partial charge in [-0.1, -0.05) is 24.3 Å². The van der Waals surface area contributed by atoms with E-state index in [1.807, 2.05) is 0 Å². The van der Waals surface area contributed by atoms with E-state index in [-0.39, 0.29) is 22.9 Å². The third-order valence-electron chi connectivity index (χ3n) is 3.49. The van der Waals surface area contributed by atoms with E-state index >= 15 is 0 Å². The summed E-state index contributed by atoms with van der Waals surface area (Å²) in [5, 5.41) is 10.4. The van der Waals surface area contributed by atoms with Gasteiger partial charge in [-0.05, 0) is 35.9 Å². The second kappa shape index (κ2) is 8.30. The zero-order chi connectivity index (χ0) is 20.1. The lowest BCUT2D eigenvalue weighted by Crippen LogP contribution is -2.28. The standard InChI is InChI=1S/C19H13F2NO6/c20-19(21)27-15-4-2-1-3-13(15)17-22-14(18(25)28-17)9-11-5-7-12(8-6-11)26-10-16(23)24/h1-9,19H,10H2,(H,23,24)/p-1/b14-9-. The van der Waals surface area contributed by atoms with Gasteiger partial charge in [-0.2, -0.15) is 8.78 Å². The minimum atomic E-state index is -3.04. The van der Waals surface area contributed by atoms with Gasteiger partial charge >= 0.3 is 12.6 Å². The minimum Gasteiger partial charge on any atom is -0.546 e. The van der Waals surface area contributed by atoms with Crippen molar-refractivity contribution in [1.82, 2.24) is 0 Å². The van der Waals surface area contributed by atoms with E-state index in [1.165, 1.54) is 36.4 Å². The molecule has 1 aliphatic rings. The number of benzene rings is 2. The number of carboxylic acids is 1. The molecule has 9 heteroatoms. The van der Waals surface area contributed by atoms with Crippen LogP contribution in [0.15, 0.2) is 59.2 Å². The number of aliphatic imine (C=N–C) groups is 1. The maximum Gasteiger partial charge on any atom is 0.387 e. The fourth-order valence-corrected chi connectivity index (χ4v) is 2.33. The first-order valence-electron chi connectivity index (χ1n) is 7.92. The highest BCUT2D eigenvalue weighted by molar-refractivity contribution is 6.13. The van der Waals surface area contributed by atoms with Gasteiger partial charge in [0.25, 0.3) is 0 Å². The summed E-state index contributed by atoms with van der Waals surface area (Å²) >= 11 is 0. The molecular formula is C19H12F2NO6-. The first-order chi connectivity index (χ1) is 13.4. The number of carbonyl (C=O) groups excluding carboxylic acids is 2. The number of para-hydroxylation sites is 1. The number of rotatable bonds is 7. The van der Waals surface area contributed by atoms with Gasteiger partial charge in [-0.25, -0.2) is 9.79 Å². The molecular weight excluding hydrogens is 376 g/mol. The van der Waals surface area contributed by atoms with Crippen LogP contribution in [-0.4, -0.2) is 31.1 Å². The van der Waals surface area contributed by atoms with Crippen LogP contribution in [0, 0.1) is 0 Å². The molecule has 3 rings (SSSR count). The van der Waals surface area contributed by atoms with Gasteiger partial charge in [0, 0.05) is 0 Å². The van der Waals surface area contributed by atoms with Gasteiger partial charge in [0.15, 0.2) is 5.70 Å². The molecule has 2 aromatic rings. The molecule has 0 unspecified atom stereocenters. The number of cyclic esters (lactones) is 1. The SMILES string of the molecule is O=C([O-])COc1ccc(/C=C2\N=C(c3ccccc3OC(F)F)OC2=O)cc1. The average molecular weight is 388 g/mol. The lowest BCUT2D eigenvalue weighted by Gasteiger charge is -2.08. The number of ether oxygens (including phenoxy) is 3. The third kappa shape index (κ3) is 4.70. The highest BCUT2D eigenvalue weighted by Gasteiger charge is 2.26. The molecule has 0 saturated heterocycles. The maximum absolute atomic E-state index is 12.5. The molecule has 0 aromatic heterocycles. The fraction of sp³-hybridized carbons (Fsp3) is 0.105. The summed E-state index contributed by atoms with van der Waals surface area (Å²) in [7, 11) is 0. The molecule has 0 fully saturated rings. The molecule has 0 bridgehead atoms. The molecule has 28 heavy (non-hydrogen) atoms. The number of alkyl halides is 2. The first kappa shape index (κ1) is 19.0.